The zero-order valence-corrected chi connectivity index (χ0v) is 7.11. The number of Topliss-reactive ketones (excluding diaryl/α,β-unsaturated/α-hetero) is 1. The van der Waals surface area contributed by atoms with Crippen molar-refractivity contribution in [2.45, 2.75) is 40.0 Å². The van der Waals surface area contributed by atoms with E-state index in [0.717, 1.165) is 12.8 Å². The molecular formula is C9H16O. The highest BCUT2D eigenvalue weighted by atomic mass is 16.1. The van der Waals surface area contributed by atoms with E-state index >= 15 is 0 Å². The fourth-order valence-corrected chi connectivity index (χ4v) is 0.666. The smallest absolute Gasteiger partial charge is 0.130 e. The molecule has 0 aromatic rings. The SMILES string of the molecule is CCC(C)=CCCC(C)=O. The largest absolute Gasteiger partial charge is 0.300 e. The van der Waals surface area contributed by atoms with Gasteiger partial charge in [0.25, 0.3) is 0 Å². The highest BCUT2D eigenvalue weighted by Crippen LogP contribution is 2.01. The van der Waals surface area contributed by atoms with E-state index in [1.165, 1.54) is 5.57 Å². The first-order chi connectivity index (χ1) is 4.66. The summed E-state index contributed by atoms with van der Waals surface area (Å²) < 4.78 is 0. The normalized spacial score (nSPS) is 11.7. The Bertz CT molecular complexity index is 134. The summed E-state index contributed by atoms with van der Waals surface area (Å²) in [5, 5.41) is 0. The molecule has 0 atom stereocenters. The van der Waals surface area contributed by atoms with Crippen molar-refractivity contribution in [3.63, 3.8) is 0 Å². The van der Waals surface area contributed by atoms with Crippen LogP contribution in [0.15, 0.2) is 11.6 Å². The first-order valence-corrected chi connectivity index (χ1v) is 3.82. The number of carbonyl (C=O) groups excluding carboxylic acids is 1. The van der Waals surface area contributed by atoms with Crippen LogP contribution in [0.25, 0.3) is 0 Å². The van der Waals surface area contributed by atoms with Gasteiger partial charge >= 0.3 is 0 Å². The van der Waals surface area contributed by atoms with Crippen LogP contribution in [-0.4, -0.2) is 5.78 Å². The lowest BCUT2D eigenvalue weighted by atomic mass is 10.1. The Kier molecular flexibility index (Phi) is 4.91. The molecule has 0 saturated carbocycles. The number of hydrogen-bond donors (Lipinski definition) is 0. The molecule has 0 spiro atoms. The Morgan fingerprint density at radius 2 is 2.00 bits per heavy atom. The summed E-state index contributed by atoms with van der Waals surface area (Å²) in [5.74, 6) is 0.278. The van der Waals surface area contributed by atoms with Crippen LogP contribution >= 0.6 is 0 Å². The summed E-state index contributed by atoms with van der Waals surface area (Å²) in [5.41, 5.74) is 1.38. The summed E-state index contributed by atoms with van der Waals surface area (Å²) >= 11 is 0. The Morgan fingerprint density at radius 3 is 2.40 bits per heavy atom. The van der Waals surface area contributed by atoms with Gasteiger partial charge in [-0.2, -0.15) is 0 Å². The van der Waals surface area contributed by atoms with Crippen LogP contribution in [0.1, 0.15) is 40.0 Å². The van der Waals surface area contributed by atoms with Crippen LogP contribution in [0.4, 0.5) is 0 Å². The number of ketones is 1. The molecule has 0 aliphatic heterocycles. The first kappa shape index (κ1) is 9.41. The molecule has 1 nitrogen and oxygen atoms in total. The molecule has 1 heteroatoms. The van der Waals surface area contributed by atoms with Crippen LogP contribution < -0.4 is 0 Å². The van der Waals surface area contributed by atoms with Crippen LogP contribution in [0, 0.1) is 0 Å². The Morgan fingerprint density at radius 1 is 1.40 bits per heavy atom. The molecule has 10 heavy (non-hydrogen) atoms. The van der Waals surface area contributed by atoms with Gasteiger partial charge in [0, 0.05) is 6.42 Å². The van der Waals surface area contributed by atoms with Crippen molar-refractivity contribution in [2.75, 3.05) is 0 Å². The molecule has 0 heterocycles. The standard InChI is InChI=1S/C9H16O/c1-4-8(2)6-5-7-9(3)10/h6H,4-5,7H2,1-3H3. The number of hydrogen-bond acceptors (Lipinski definition) is 1. The average molecular weight is 140 g/mol. The summed E-state index contributed by atoms with van der Waals surface area (Å²) in [6, 6.07) is 0. The van der Waals surface area contributed by atoms with Gasteiger partial charge in [0.15, 0.2) is 0 Å². The van der Waals surface area contributed by atoms with Gasteiger partial charge in [-0.25, -0.2) is 0 Å². The Balaban J connectivity index is 3.43. The van der Waals surface area contributed by atoms with E-state index in [4.69, 9.17) is 0 Å². The lowest BCUT2D eigenvalue weighted by Gasteiger charge is -1.93. The fraction of sp³-hybridized carbons (Fsp3) is 0.667. The van der Waals surface area contributed by atoms with Gasteiger partial charge in [-0.15, -0.1) is 0 Å². The van der Waals surface area contributed by atoms with Gasteiger partial charge in [-0.1, -0.05) is 18.6 Å². The monoisotopic (exact) mass is 140 g/mol. The minimum Gasteiger partial charge on any atom is -0.300 e. The topological polar surface area (TPSA) is 17.1 Å². The number of rotatable bonds is 4. The van der Waals surface area contributed by atoms with Crippen molar-refractivity contribution in [1.82, 2.24) is 0 Å². The second-order valence-electron chi connectivity index (χ2n) is 2.64. The van der Waals surface area contributed by atoms with Gasteiger partial charge in [-0.3, -0.25) is 0 Å². The molecule has 0 aliphatic carbocycles. The van der Waals surface area contributed by atoms with Gasteiger partial charge in [-0.05, 0) is 26.7 Å². The van der Waals surface area contributed by atoms with E-state index in [1.807, 2.05) is 0 Å². The Labute approximate surface area is 63.1 Å². The number of allylic oxidation sites excluding steroid dienone is 2. The molecule has 0 saturated heterocycles. The fourth-order valence-electron chi connectivity index (χ4n) is 0.666. The zero-order valence-electron chi connectivity index (χ0n) is 7.11. The third-order valence-corrected chi connectivity index (χ3v) is 1.55. The van der Waals surface area contributed by atoms with Gasteiger partial charge < -0.3 is 4.79 Å². The van der Waals surface area contributed by atoms with Crippen molar-refractivity contribution in [1.29, 1.82) is 0 Å². The maximum absolute atomic E-state index is 10.5. The van der Waals surface area contributed by atoms with Gasteiger partial charge in [0.05, 0.1) is 0 Å². The van der Waals surface area contributed by atoms with Crippen LogP contribution in [0.5, 0.6) is 0 Å². The molecule has 0 aromatic heterocycles. The molecule has 0 unspecified atom stereocenters. The van der Waals surface area contributed by atoms with Crippen LogP contribution in [0.3, 0.4) is 0 Å². The van der Waals surface area contributed by atoms with E-state index in [0.29, 0.717) is 6.42 Å². The van der Waals surface area contributed by atoms with Crippen LogP contribution in [0.2, 0.25) is 0 Å². The molecule has 0 N–H and O–H groups in total. The molecule has 58 valence electrons. The maximum atomic E-state index is 10.5. The summed E-state index contributed by atoms with van der Waals surface area (Å²) in [4.78, 5) is 10.5. The first-order valence-electron chi connectivity index (χ1n) is 3.82. The third-order valence-electron chi connectivity index (χ3n) is 1.55. The van der Waals surface area contributed by atoms with Crippen molar-refractivity contribution < 1.29 is 4.79 Å². The highest BCUT2D eigenvalue weighted by Gasteiger charge is 1.89. The summed E-state index contributed by atoms with van der Waals surface area (Å²) in [6.45, 7) is 5.86. The van der Waals surface area contributed by atoms with Gasteiger partial charge in [0.1, 0.15) is 5.78 Å². The van der Waals surface area contributed by atoms with E-state index in [2.05, 4.69) is 19.9 Å². The third kappa shape index (κ3) is 5.54. The minimum absolute atomic E-state index is 0.278. The number of carbonyl (C=O) groups is 1. The van der Waals surface area contributed by atoms with E-state index < -0.39 is 0 Å². The van der Waals surface area contributed by atoms with E-state index in [1.54, 1.807) is 6.92 Å². The second-order valence-corrected chi connectivity index (χ2v) is 2.64. The second kappa shape index (κ2) is 5.21. The molecular weight excluding hydrogens is 124 g/mol. The average Bonchev–Trinajstić information content (AvgIpc) is 1.87. The van der Waals surface area contributed by atoms with Crippen molar-refractivity contribution in [3.8, 4) is 0 Å². The van der Waals surface area contributed by atoms with E-state index in [9.17, 15) is 4.79 Å². The zero-order chi connectivity index (χ0) is 7.98. The molecule has 0 aromatic carbocycles. The lowest BCUT2D eigenvalue weighted by molar-refractivity contribution is -0.116. The summed E-state index contributed by atoms with van der Waals surface area (Å²) in [6.07, 6.45) is 4.84. The maximum Gasteiger partial charge on any atom is 0.130 e. The molecule has 0 radical (unpaired) electrons. The summed E-state index contributed by atoms with van der Waals surface area (Å²) in [7, 11) is 0. The molecule has 0 rings (SSSR count). The molecule has 0 bridgehead atoms. The quantitative estimate of drug-likeness (QED) is 0.549. The predicted octanol–water partition coefficient (Wildman–Crippen LogP) is 2.71. The van der Waals surface area contributed by atoms with Gasteiger partial charge in [0.2, 0.25) is 0 Å². The molecule has 0 fully saturated rings. The van der Waals surface area contributed by atoms with Crippen molar-refractivity contribution in [2.24, 2.45) is 0 Å². The Hall–Kier alpha value is -0.590. The molecule has 0 aliphatic rings. The molecule has 0 amide bonds. The lowest BCUT2D eigenvalue weighted by Crippen LogP contribution is -1.87. The van der Waals surface area contributed by atoms with Crippen molar-refractivity contribution in [3.05, 3.63) is 11.6 Å². The van der Waals surface area contributed by atoms with Crippen LogP contribution in [-0.2, 0) is 4.79 Å². The minimum atomic E-state index is 0.278. The predicted molar refractivity (Wildman–Crippen MR) is 44.0 cm³/mol. The van der Waals surface area contributed by atoms with E-state index in [-0.39, 0.29) is 5.78 Å². The van der Waals surface area contributed by atoms with Crippen molar-refractivity contribution >= 4 is 5.78 Å². The highest BCUT2D eigenvalue weighted by molar-refractivity contribution is 5.75.